The van der Waals surface area contributed by atoms with Gasteiger partial charge in [-0.3, -0.25) is 4.79 Å². The number of Topliss-reactive ketones (excluding diaryl/α,β-unsaturated/α-hetero) is 1. The Morgan fingerprint density at radius 2 is 1.24 bits per heavy atom. The molecule has 2 saturated carbocycles. The van der Waals surface area contributed by atoms with Crippen molar-refractivity contribution in [1.82, 2.24) is 0 Å². The fourth-order valence-corrected chi connectivity index (χ4v) is 8.74. The van der Waals surface area contributed by atoms with Crippen molar-refractivity contribution in [2.75, 3.05) is 4.90 Å². The van der Waals surface area contributed by atoms with Gasteiger partial charge < -0.3 is 10.0 Å². The van der Waals surface area contributed by atoms with Crippen molar-refractivity contribution >= 4 is 34.1 Å². The number of ketones is 1. The lowest BCUT2D eigenvalue weighted by atomic mass is 9.80. The summed E-state index contributed by atoms with van der Waals surface area (Å²) in [5.74, 6) is 1.21. The highest BCUT2D eigenvalue weighted by molar-refractivity contribution is 6.39. The van der Waals surface area contributed by atoms with Crippen molar-refractivity contribution in [3.8, 4) is 0 Å². The number of nitrogens with zero attached hydrogens (tertiary/aromatic N) is 2. The van der Waals surface area contributed by atoms with Crippen LogP contribution in [-0.2, 0) is 4.79 Å². The maximum absolute atomic E-state index is 13.6. The lowest BCUT2D eigenvalue weighted by Gasteiger charge is -2.39. The summed E-state index contributed by atoms with van der Waals surface area (Å²) in [7, 11) is 0. The number of rotatable bonds is 6. The van der Waals surface area contributed by atoms with Crippen molar-refractivity contribution in [2.45, 2.75) is 105 Å². The minimum Gasteiger partial charge on any atom is -0.871 e. The summed E-state index contributed by atoms with van der Waals surface area (Å²) in [5.41, 5.74) is 11.8. The molecule has 0 radical (unpaired) electrons. The van der Waals surface area contributed by atoms with Crippen LogP contribution in [0.5, 0.6) is 0 Å². The predicted molar refractivity (Wildman–Crippen MR) is 205 cm³/mol. The van der Waals surface area contributed by atoms with Gasteiger partial charge in [-0.25, -0.2) is 0 Å². The van der Waals surface area contributed by atoms with E-state index in [2.05, 4.69) is 112 Å². The number of hydrogen-bond donors (Lipinski definition) is 0. The van der Waals surface area contributed by atoms with Gasteiger partial charge in [0.15, 0.2) is 11.8 Å². The van der Waals surface area contributed by atoms with Crippen LogP contribution in [0.3, 0.4) is 0 Å². The summed E-state index contributed by atoms with van der Waals surface area (Å²) >= 11 is 0. The summed E-state index contributed by atoms with van der Waals surface area (Å²) in [4.78, 5) is 16.1. The van der Waals surface area contributed by atoms with Gasteiger partial charge in [0.2, 0.25) is 11.4 Å². The Kier molecular flexibility index (Phi) is 9.57. The number of allylic oxidation sites excluding steroid dienone is 7. The van der Waals surface area contributed by atoms with E-state index in [1.54, 1.807) is 0 Å². The Balaban J connectivity index is 1.18. The van der Waals surface area contributed by atoms with E-state index in [1.165, 1.54) is 59.3 Å². The highest BCUT2D eigenvalue weighted by Crippen LogP contribution is 2.41. The lowest BCUT2D eigenvalue weighted by Crippen LogP contribution is -2.35. The van der Waals surface area contributed by atoms with Crippen LogP contribution in [0.1, 0.15) is 93.0 Å². The summed E-state index contributed by atoms with van der Waals surface area (Å²) < 4.78 is 2.49. The molecule has 0 spiro atoms. The molecule has 258 valence electrons. The highest BCUT2D eigenvalue weighted by Gasteiger charge is 2.34. The molecule has 3 aromatic carbocycles. The third-order valence-electron chi connectivity index (χ3n) is 11.7. The molecular weight excluding hydrogens is 613 g/mol. The van der Waals surface area contributed by atoms with Gasteiger partial charge in [-0.1, -0.05) is 61.1 Å². The van der Waals surface area contributed by atoms with Crippen molar-refractivity contribution in [3.05, 3.63) is 130 Å². The molecule has 0 N–H and O–H groups in total. The zero-order valence-corrected chi connectivity index (χ0v) is 30.8. The van der Waals surface area contributed by atoms with E-state index in [4.69, 9.17) is 0 Å². The smallest absolute Gasteiger partial charge is 0.208 e. The minimum absolute atomic E-state index is 0.157. The molecule has 50 heavy (non-hydrogen) atoms. The van der Waals surface area contributed by atoms with Crippen LogP contribution in [0.25, 0.3) is 5.57 Å². The molecule has 0 atom stereocenters. The van der Waals surface area contributed by atoms with Crippen molar-refractivity contribution < 1.29 is 14.5 Å². The number of hydrogen-bond acceptors (Lipinski definition) is 3. The molecule has 0 saturated heterocycles. The van der Waals surface area contributed by atoms with Gasteiger partial charge in [0.1, 0.15) is 0 Å². The molecule has 4 aliphatic carbocycles. The summed E-state index contributed by atoms with van der Waals surface area (Å²) in [6.45, 7) is 13.4. The second-order valence-corrected chi connectivity index (χ2v) is 15.6. The third-order valence-corrected chi connectivity index (χ3v) is 11.7. The summed E-state index contributed by atoms with van der Waals surface area (Å²) in [6, 6.07) is 22.4. The Morgan fingerprint density at radius 1 is 0.660 bits per heavy atom. The highest BCUT2D eigenvalue weighted by atomic mass is 16.3. The van der Waals surface area contributed by atoms with Gasteiger partial charge in [0, 0.05) is 65.2 Å². The molecule has 0 aliphatic heterocycles. The van der Waals surface area contributed by atoms with Gasteiger partial charge in [-0.2, -0.15) is 4.58 Å². The summed E-state index contributed by atoms with van der Waals surface area (Å²) in [6.07, 6.45) is 17.7. The van der Waals surface area contributed by atoms with E-state index in [0.717, 1.165) is 48.9 Å². The van der Waals surface area contributed by atoms with Crippen LogP contribution in [0, 0.1) is 39.5 Å². The molecule has 0 heterocycles. The average Bonchev–Trinajstić information content (AvgIpc) is 3.10. The summed E-state index contributed by atoms with van der Waals surface area (Å²) in [5, 5.41) is 13.6. The molecule has 0 aromatic heterocycles. The second-order valence-electron chi connectivity index (χ2n) is 15.6. The first-order valence-corrected chi connectivity index (χ1v) is 18.9. The number of aryl methyl sites for hydroxylation is 4. The number of anilines is 2. The Bertz CT molecular complexity index is 1940. The first-order valence-electron chi connectivity index (χ1n) is 18.9. The molecule has 0 bridgehead atoms. The van der Waals surface area contributed by atoms with E-state index in [1.807, 2.05) is 24.3 Å². The van der Waals surface area contributed by atoms with Crippen molar-refractivity contribution in [1.29, 1.82) is 0 Å². The normalized spacial score (nSPS) is 23.7. The van der Waals surface area contributed by atoms with Gasteiger partial charge in [-0.15, -0.1) is 0 Å². The van der Waals surface area contributed by atoms with Gasteiger partial charge in [0.25, 0.3) is 0 Å². The molecule has 4 aliphatic rings. The van der Waals surface area contributed by atoms with Crippen LogP contribution in [0.4, 0.5) is 17.1 Å². The van der Waals surface area contributed by atoms with E-state index < -0.39 is 0 Å². The predicted octanol–water partition coefficient (Wildman–Crippen LogP) is 10.1. The minimum atomic E-state index is -0.157. The topological polar surface area (TPSA) is 46.4 Å². The van der Waals surface area contributed by atoms with Gasteiger partial charge in [0.05, 0.1) is 0 Å². The molecule has 0 amide bonds. The first-order chi connectivity index (χ1) is 24.1. The van der Waals surface area contributed by atoms with Crippen LogP contribution < -0.4 is 10.0 Å². The molecule has 2 fully saturated rings. The number of carbonyl (C=O) groups is 1. The zero-order chi connectivity index (χ0) is 35.1. The maximum atomic E-state index is 13.6. The molecule has 0 unspecified atom stereocenters. The second kappa shape index (κ2) is 14.1. The number of benzene rings is 3. The fraction of sp³-hybridized carbons (Fsp3) is 0.391. The fourth-order valence-electron chi connectivity index (χ4n) is 8.74. The van der Waals surface area contributed by atoms with E-state index in [-0.39, 0.29) is 11.5 Å². The Morgan fingerprint density at radius 3 is 1.82 bits per heavy atom. The molecule has 4 nitrogen and oxygen atoms in total. The molecule has 4 heteroatoms. The maximum Gasteiger partial charge on any atom is 0.208 e. The molecule has 7 rings (SSSR count). The third kappa shape index (κ3) is 6.57. The quantitative estimate of drug-likeness (QED) is 0.195. The van der Waals surface area contributed by atoms with Crippen LogP contribution >= 0.6 is 0 Å². The standard InChI is InChI=1S/C46H52N2O2/c1-29-7-17-37(18-8-29)47(41-25-11-31(3)27-33(41)5)39-21-13-35(14-22-39)43-45(49)44(46(43)50)36-15-23-40(24-16-36)48(38-19-9-30(2)10-20-38)42-26-12-32(4)28-34(42)6/h11-16,21-30,37-38H,7-10,17-20H2,1-6H3. The Hall–Kier alpha value is -4.44. The molecular formula is C46H52N2O2. The zero-order valence-electron chi connectivity index (χ0n) is 30.8. The average molecular weight is 665 g/mol. The Labute approximate surface area is 299 Å². The van der Waals surface area contributed by atoms with Gasteiger partial charge >= 0.3 is 0 Å². The number of carbonyl (C=O) groups excluding carboxylic acids is 1. The van der Waals surface area contributed by atoms with E-state index in [0.29, 0.717) is 34.4 Å². The first kappa shape index (κ1) is 34.0. The van der Waals surface area contributed by atoms with Gasteiger partial charge in [-0.05, 0) is 131 Å². The van der Waals surface area contributed by atoms with Crippen LogP contribution in [0.2, 0.25) is 0 Å². The SMILES string of the molecule is Cc1ccc(N(c2ccc(C3=C([O-])C(=C4C=CC(=[N+](c5ccc(C)cc5C)C5CCC(C)CC5)C=C4)C3=O)cc2)C2CCC(C)CC2)c(C)c1. The van der Waals surface area contributed by atoms with Crippen molar-refractivity contribution in [3.63, 3.8) is 0 Å². The molecule has 3 aromatic rings. The lowest BCUT2D eigenvalue weighted by molar-refractivity contribution is -0.489. The largest absolute Gasteiger partial charge is 0.871 e. The van der Waals surface area contributed by atoms with E-state index >= 15 is 0 Å². The van der Waals surface area contributed by atoms with E-state index in [9.17, 15) is 9.90 Å². The monoisotopic (exact) mass is 664 g/mol. The van der Waals surface area contributed by atoms with Crippen LogP contribution in [-0.4, -0.2) is 28.2 Å². The van der Waals surface area contributed by atoms with Crippen LogP contribution in [0.15, 0.2) is 102 Å². The van der Waals surface area contributed by atoms with Crippen molar-refractivity contribution in [2.24, 2.45) is 11.8 Å².